The molecule has 0 fully saturated rings. The van der Waals surface area contributed by atoms with Gasteiger partial charge in [0.25, 0.3) is 0 Å². The fourth-order valence-corrected chi connectivity index (χ4v) is 6.76. The molecule has 0 atom stereocenters. The number of aromatic nitrogens is 4. The zero-order valence-electron chi connectivity index (χ0n) is 27.3. The summed E-state index contributed by atoms with van der Waals surface area (Å²) >= 11 is 0. The number of pyridine rings is 1. The van der Waals surface area contributed by atoms with Gasteiger partial charge in [0.1, 0.15) is 17.3 Å². The molecule has 0 aliphatic rings. The summed E-state index contributed by atoms with van der Waals surface area (Å²) in [5, 5.41) is 7.43. The van der Waals surface area contributed by atoms with Crippen molar-refractivity contribution in [1.29, 1.82) is 0 Å². The first-order chi connectivity index (χ1) is 22.4. The summed E-state index contributed by atoms with van der Waals surface area (Å²) in [4.78, 5) is 4.78. The van der Waals surface area contributed by atoms with E-state index in [1.54, 1.807) is 0 Å². The van der Waals surface area contributed by atoms with Crippen molar-refractivity contribution in [2.24, 2.45) is 0 Å². The van der Waals surface area contributed by atoms with Crippen LogP contribution in [0.2, 0.25) is 0 Å². The zero-order chi connectivity index (χ0) is 31.8. The van der Waals surface area contributed by atoms with Gasteiger partial charge in [-0.3, -0.25) is 4.57 Å². The molecule has 4 aromatic carbocycles. The molecule has 0 spiro atoms. The lowest BCUT2D eigenvalue weighted by Crippen LogP contribution is -2.01. The molecule has 0 N–H and O–H groups in total. The van der Waals surface area contributed by atoms with Crippen LogP contribution in [0, 0.1) is 20.8 Å². The Labute approximate surface area is 271 Å². The third-order valence-electron chi connectivity index (χ3n) is 8.79. The van der Waals surface area contributed by atoms with Gasteiger partial charge in [-0.1, -0.05) is 63.1 Å². The van der Waals surface area contributed by atoms with E-state index in [9.17, 15) is 0 Å². The molecule has 5 nitrogen and oxygen atoms in total. The third-order valence-corrected chi connectivity index (χ3v) is 8.79. The molecule has 0 radical (unpaired) electrons. The topological polar surface area (TPSA) is 44.9 Å². The Morgan fingerprint density at radius 3 is 2.26 bits per heavy atom. The van der Waals surface area contributed by atoms with Gasteiger partial charge in [0.05, 0.1) is 22.4 Å². The molecule has 3 heterocycles. The largest absolute Gasteiger partial charge is 0.457 e. The van der Waals surface area contributed by atoms with Gasteiger partial charge >= 0.3 is 0 Å². The molecule has 5 heteroatoms. The number of rotatable bonds is 9. The Hall–Kier alpha value is -5.16. The van der Waals surface area contributed by atoms with Crippen molar-refractivity contribution >= 4 is 21.8 Å². The summed E-state index contributed by atoms with van der Waals surface area (Å²) in [7, 11) is 0. The first-order valence-electron chi connectivity index (χ1n) is 16.4. The Bertz CT molecular complexity index is 2190. The second kappa shape index (κ2) is 12.3. The molecule has 0 aliphatic carbocycles. The van der Waals surface area contributed by atoms with Crippen molar-refractivity contribution in [2.45, 2.75) is 60.3 Å². The van der Waals surface area contributed by atoms with E-state index in [-0.39, 0.29) is 0 Å². The number of ether oxygens (including phenoxy) is 1. The number of nitrogens with zero attached hydrogens (tertiary/aromatic N) is 4. The minimum Gasteiger partial charge on any atom is -0.457 e. The highest BCUT2D eigenvalue weighted by Crippen LogP contribution is 2.37. The molecule has 0 aliphatic heterocycles. The van der Waals surface area contributed by atoms with E-state index in [1.165, 1.54) is 38.6 Å². The van der Waals surface area contributed by atoms with Gasteiger partial charge in [0, 0.05) is 40.4 Å². The second-order valence-corrected chi connectivity index (χ2v) is 12.3. The van der Waals surface area contributed by atoms with Gasteiger partial charge < -0.3 is 4.74 Å². The van der Waals surface area contributed by atoms with Crippen molar-refractivity contribution in [1.82, 2.24) is 19.3 Å². The summed E-state index contributed by atoms with van der Waals surface area (Å²) in [6.07, 6.45) is 6.07. The van der Waals surface area contributed by atoms with Gasteiger partial charge in [-0.05, 0) is 104 Å². The summed E-state index contributed by atoms with van der Waals surface area (Å²) in [6, 6.07) is 34.5. The number of hydrogen-bond donors (Lipinski definition) is 0. The third kappa shape index (κ3) is 5.47. The maximum Gasteiger partial charge on any atom is 0.137 e. The zero-order valence-corrected chi connectivity index (χ0v) is 27.3. The van der Waals surface area contributed by atoms with Gasteiger partial charge in [-0.25, -0.2) is 9.67 Å². The molecule has 46 heavy (non-hydrogen) atoms. The van der Waals surface area contributed by atoms with Crippen LogP contribution in [0.1, 0.15) is 54.8 Å². The molecule has 7 aromatic rings. The van der Waals surface area contributed by atoms with E-state index >= 15 is 0 Å². The summed E-state index contributed by atoms with van der Waals surface area (Å²) < 4.78 is 11.0. The van der Waals surface area contributed by atoms with Crippen LogP contribution in [0.3, 0.4) is 0 Å². The van der Waals surface area contributed by atoms with Crippen LogP contribution >= 0.6 is 0 Å². The molecule has 3 aromatic heterocycles. The van der Waals surface area contributed by atoms with Crippen molar-refractivity contribution in [3.05, 3.63) is 131 Å². The lowest BCUT2D eigenvalue weighted by Gasteiger charge is -2.13. The predicted molar refractivity (Wildman–Crippen MR) is 190 cm³/mol. The van der Waals surface area contributed by atoms with Crippen LogP contribution in [-0.4, -0.2) is 19.3 Å². The second-order valence-electron chi connectivity index (χ2n) is 12.3. The van der Waals surface area contributed by atoms with Gasteiger partial charge in [-0.15, -0.1) is 0 Å². The lowest BCUT2D eigenvalue weighted by atomic mass is 10.0. The van der Waals surface area contributed by atoms with E-state index in [0.717, 1.165) is 71.1 Å². The Kier molecular flexibility index (Phi) is 7.91. The highest BCUT2D eigenvalue weighted by molar-refractivity contribution is 6.09. The first kappa shape index (κ1) is 29.5. The average molecular weight is 605 g/mol. The molecule has 0 amide bonds. The minimum absolute atomic E-state index is 0.788. The highest BCUT2D eigenvalue weighted by atomic mass is 16.5. The molecule has 7 rings (SSSR count). The van der Waals surface area contributed by atoms with E-state index < -0.39 is 0 Å². The van der Waals surface area contributed by atoms with E-state index in [0.29, 0.717) is 0 Å². The summed E-state index contributed by atoms with van der Waals surface area (Å²) in [5.41, 5.74) is 11.5. The average Bonchev–Trinajstić information content (AvgIpc) is 3.54. The molecule has 0 bridgehead atoms. The standard InChI is InChI=1S/C41H40N4O/c1-6-11-30-15-18-38-37(24-30)36-17-16-34(26-39(36)44(38)40-21-27(3)19-20-42-40)46-35-23-31(12-7-2)22-33(25-35)45-29(5)41(28(4)43-45)32-13-9-8-10-14-32/h8-10,13-26H,6-7,11-12H2,1-5H3. The maximum atomic E-state index is 6.70. The minimum atomic E-state index is 0.788. The van der Waals surface area contributed by atoms with Crippen LogP contribution in [-0.2, 0) is 12.8 Å². The van der Waals surface area contributed by atoms with Crippen molar-refractivity contribution < 1.29 is 4.74 Å². The normalized spacial score (nSPS) is 11.5. The van der Waals surface area contributed by atoms with Crippen LogP contribution in [0.4, 0.5) is 0 Å². The van der Waals surface area contributed by atoms with Crippen molar-refractivity contribution in [3.8, 4) is 34.1 Å². The van der Waals surface area contributed by atoms with Crippen molar-refractivity contribution in [2.75, 3.05) is 0 Å². The highest BCUT2D eigenvalue weighted by Gasteiger charge is 2.18. The first-order valence-corrected chi connectivity index (χ1v) is 16.4. The maximum absolute atomic E-state index is 6.70. The number of hydrogen-bond acceptors (Lipinski definition) is 3. The Morgan fingerprint density at radius 1 is 0.674 bits per heavy atom. The van der Waals surface area contributed by atoms with Crippen LogP contribution < -0.4 is 4.74 Å². The Morgan fingerprint density at radius 2 is 1.48 bits per heavy atom. The molecular formula is C41H40N4O. The van der Waals surface area contributed by atoms with E-state index in [1.807, 2.05) is 18.3 Å². The molecular weight excluding hydrogens is 564 g/mol. The SMILES string of the molecule is CCCc1cc(Oc2ccc3c4cc(CCC)ccc4n(-c4cc(C)ccn4)c3c2)cc(-n2nc(C)c(-c3ccccc3)c2C)c1. The summed E-state index contributed by atoms with van der Waals surface area (Å²) in [6.45, 7) is 10.8. The molecule has 0 saturated carbocycles. The lowest BCUT2D eigenvalue weighted by molar-refractivity contribution is 0.482. The Balaban J connectivity index is 1.34. The molecule has 0 unspecified atom stereocenters. The quantitative estimate of drug-likeness (QED) is 0.165. The van der Waals surface area contributed by atoms with Crippen molar-refractivity contribution in [3.63, 3.8) is 0 Å². The fourth-order valence-electron chi connectivity index (χ4n) is 6.76. The van der Waals surface area contributed by atoms with Gasteiger partial charge in [0.2, 0.25) is 0 Å². The van der Waals surface area contributed by atoms with Crippen LogP contribution in [0.25, 0.3) is 44.4 Å². The van der Waals surface area contributed by atoms with E-state index in [2.05, 4.69) is 129 Å². The van der Waals surface area contributed by atoms with E-state index in [4.69, 9.17) is 14.8 Å². The van der Waals surface area contributed by atoms with Crippen LogP contribution in [0.15, 0.2) is 103 Å². The number of fused-ring (bicyclic) bond motifs is 3. The van der Waals surface area contributed by atoms with Gasteiger partial charge in [0.15, 0.2) is 0 Å². The van der Waals surface area contributed by atoms with Gasteiger partial charge in [-0.2, -0.15) is 5.10 Å². The van der Waals surface area contributed by atoms with Crippen LogP contribution in [0.5, 0.6) is 11.5 Å². The smallest absolute Gasteiger partial charge is 0.137 e. The number of benzene rings is 4. The number of aryl methyl sites for hydroxylation is 4. The summed E-state index contributed by atoms with van der Waals surface area (Å²) in [5.74, 6) is 2.50. The molecule has 230 valence electrons. The predicted octanol–water partition coefficient (Wildman–Crippen LogP) is 10.7. The molecule has 0 saturated heterocycles. The fraction of sp³-hybridized carbons (Fsp3) is 0.220. The monoisotopic (exact) mass is 604 g/mol.